The molecule has 82 valence electrons. The van der Waals surface area contributed by atoms with E-state index < -0.39 is 0 Å². The van der Waals surface area contributed by atoms with Crippen LogP contribution < -0.4 is 5.32 Å². The molecule has 0 aliphatic heterocycles. The number of rotatable bonds is 5. The number of hydrogen-bond donors (Lipinski definition) is 1. The summed E-state index contributed by atoms with van der Waals surface area (Å²) in [5.74, 6) is -0.0281. The highest BCUT2D eigenvalue weighted by molar-refractivity contribution is 9.09. The molecule has 1 heterocycles. The van der Waals surface area contributed by atoms with Crippen LogP contribution >= 0.6 is 15.9 Å². The summed E-state index contributed by atoms with van der Waals surface area (Å²) in [5, 5.41) is 2.87. The minimum Gasteiger partial charge on any atom is -0.352 e. The average molecular weight is 271 g/mol. The Labute approximate surface area is 98.4 Å². The highest BCUT2D eigenvalue weighted by Crippen LogP contribution is 2.05. The minimum absolute atomic E-state index is 0.0281. The average Bonchev–Trinajstić information content (AvgIpc) is 2.25. The number of amides is 1. The monoisotopic (exact) mass is 270 g/mol. The molecular formula is C11H15BrN2O. The largest absolute Gasteiger partial charge is 0.352 e. The van der Waals surface area contributed by atoms with E-state index >= 15 is 0 Å². The van der Waals surface area contributed by atoms with Crippen molar-refractivity contribution in [1.29, 1.82) is 0 Å². The van der Waals surface area contributed by atoms with E-state index in [1.54, 1.807) is 24.5 Å². The molecule has 0 radical (unpaired) electrons. The van der Waals surface area contributed by atoms with Crippen LogP contribution in [0.5, 0.6) is 0 Å². The van der Waals surface area contributed by atoms with Gasteiger partial charge in [0.1, 0.15) is 0 Å². The molecule has 0 fully saturated rings. The molecule has 1 unspecified atom stereocenters. The van der Waals surface area contributed by atoms with Gasteiger partial charge >= 0.3 is 0 Å². The SMILES string of the molecule is CC(Br)CCCNC(=O)c1ccncc1. The molecule has 1 N–H and O–H groups in total. The molecule has 0 saturated heterocycles. The molecule has 0 saturated carbocycles. The molecule has 0 spiro atoms. The van der Waals surface area contributed by atoms with Gasteiger partial charge in [-0.15, -0.1) is 0 Å². The van der Waals surface area contributed by atoms with Gasteiger partial charge in [-0.1, -0.05) is 22.9 Å². The van der Waals surface area contributed by atoms with Crippen molar-refractivity contribution in [2.75, 3.05) is 6.54 Å². The van der Waals surface area contributed by atoms with E-state index in [4.69, 9.17) is 0 Å². The predicted molar refractivity (Wildman–Crippen MR) is 64.2 cm³/mol. The summed E-state index contributed by atoms with van der Waals surface area (Å²) in [7, 11) is 0. The van der Waals surface area contributed by atoms with Crippen LogP contribution in [-0.2, 0) is 0 Å². The standard InChI is InChI=1S/C11H15BrN2O/c1-9(12)3-2-6-14-11(15)10-4-7-13-8-5-10/h4-5,7-9H,2-3,6H2,1H3,(H,14,15). The van der Waals surface area contributed by atoms with Crippen molar-refractivity contribution in [2.45, 2.75) is 24.6 Å². The second-order valence-corrected chi connectivity index (χ2v) is 4.98. The molecule has 1 rings (SSSR count). The topological polar surface area (TPSA) is 42.0 Å². The molecule has 3 nitrogen and oxygen atoms in total. The molecular weight excluding hydrogens is 256 g/mol. The van der Waals surface area contributed by atoms with Crippen LogP contribution in [0.4, 0.5) is 0 Å². The van der Waals surface area contributed by atoms with Crippen LogP contribution in [0.2, 0.25) is 0 Å². The van der Waals surface area contributed by atoms with Crippen molar-refractivity contribution in [3.8, 4) is 0 Å². The number of hydrogen-bond acceptors (Lipinski definition) is 2. The maximum absolute atomic E-state index is 11.5. The van der Waals surface area contributed by atoms with Gasteiger partial charge < -0.3 is 5.32 Å². The summed E-state index contributed by atoms with van der Waals surface area (Å²) < 4.78 is 0. The lowest BCUT2D eigenvalue weighted by Crippen LogP contribution is -2.24. The smallest absolute Gasteiger partial charge is 0.251 e. The summed E-state index contributed by atoms with van der Waals surface area (Å²) in [6.07, 6.45) is 5.30. The molecule has 0 aliphatic carbocycles. The molecule has 0 bridgehead atoms. The summed E-state index contributed by atoms with van der Waals surface area (Å²) >= 11 is 3.47. The Morgan fingerprint density at radius 1 is 1.53 bits per heavy atom. The molecule has 0 aliphatic rings. The summed E-state index contributed by atoms with van der Waals surface area (Å²) in [4.78, 5) is 15.9. The van der Waals surface area contributed by atoms with Crippen molar-refractivity contribution in [1.82, 2.24) is 10.3 Å². The van der Waals surface area contributed by atoms with Crippen LogP contribution in [-0.4, -0.2) is 22.3 Å². The quantitative estimate of drug-likeness (QED) is 0.660. The van der Waals surface area contributed by atoms with Gasteiger partial charge in [-0.2, -0.15) is 0 Å². The van der Waals surface area contributed by atoms with Gasteiger partial charge in [0.25, 0.3) is 5.91 Å². The van der Waals surface area contributed by atoms with Crippen LogP contribution in [0, 0.1) is 0 Å². The van der Waals surface area contributed by atoms with Gasteiger partial charge in [0.2, 0.25) is 0 Å². The number of halogens is 1. The molecule has 15 heavy (non-hydrogen) atoms. The lowest BCUT2D eigenvalue weighted by molar-refractivity contribution is 0.0953. The number of nitrogens with one attached hydrogen (secondary N) is 1. The lowest BCUT2D eigenvalue weighted by atomic mass is 10.2. The third-order valence-electron chi connectivity index (χ3n) is 2.01. The van der Waals surface area contributed by atoms with Crippen molar-refractivity contribution in [3.05, 3.63) is 30.1 Å². The normalized spacial score (nSPS) is 12.1. The molecule has 1 amide bonds. The first kappa shape index (κ1) is 12.2. The Balaban J connectivity index is 2.25. The fraction of sp³-hybridized carbons (Fsp3) is 0.455. The van der Waals surface area contributed by atoms with Crippen molar-refractivity contribution in [3.63, 3.8) is 0 Å². The Hall–Kier alpha value is -0.900. The zero-order valence-corrected chi connectivity index (χ0v) is 10.3. The number of carbonyl (C=O) groups excluding carboxylic acids is 1. The van der Waals surface area contributed by atoms with Crippen molar-refractivity contribution in [2.24, 2.45) is 0 Å². The molecule has 1 aromatic rings. The maximum Gasteiger partial charge on any atom is 0.251 e. The molecule has 0 aromatic carbocycles. The number of nitrogens with zero attached hydrogens (tertiary/aromatic N) is 1. The number of aromatic nitrogens is 1. The van der Waals surface area contributed by atoms with E-state index in [0.29, 0.717) is 10.4 Å². The Kier molecular flexibility index (Phi) is 5.32. The van der Waals surface area contributed by atoms with Crippen LogP contribution in [0.1, 0.15) is 30.1 Å². The third kappa shape index (κ3) is 4.93. The number of pyridine rings is 1. The first-order valence-electron chi connectivity index (χ1n) is 5.02. The number of carbonyl (C=O) groups is 1. The van der Waals surface area contributed by atoms with Crippen LogP contribution in [0.3, 0.4) is 0 Å². The Bertz CT molecular complexity index is 301. The zero-order valence-electron chi connectivity index (χ0n) is 8.74. The van der Waals surface area contributed by atoms with Gasteiger partial charge in [-0.05, 0) is 25.0 Å². The van der Waals surface area contributed by atoms with E-state index in [1.807, 2.05) is 0 Å². The summed E-state index contributed by atoms with van der Waals surface area (Å²) in [5.41, 5.74) is 0.664. The first-order chi connectivity index (χ1) is 7.20. The number of alkyl halides is 1. The van der Waals surface area contributed by atoms with Crippen LogP contribution in [0.25, 0.3) is 0 Å². The predicted octanol–water partition coefficient (Wildman–Crippen LogP) is 2.38. The fourth-order valence-electron chi connectivity index (χ4n) is 1.19. The molecule has 4 heteroatoms. The van der Waals surface area contributed by atoms with Crippen LogP contribution in [0.15, 0.2) is 24.5 Å². The lowest BCUT2D eigenvalue weighted by Gasteiger charge is -2.05. The molecule has 1 aromatic heterocycles. The zero-order chi connectivity index (χ0) is 11.1. The van der Waals surface area contributed by atoms with E-state index in [1.165, 1.54) is 0 Å². The second kappa shape index (κ2) is 6.56. The Morgan fingerprint density at radius 3 is 2.80 bits per heavy atom. The van der Waals surface area contributed by atoms with E-state index in [-0.39, 0.29) is 5.91 Å². The molecule has 1 atom stereocenters. The van der Waals surface area contributed by atoms with Gasteiger partial charge in [-0.3, -0.25) is 9.78 Å². The van der Waals surface area contributed by atoms with E-state index in [9.17, 15) is 4.79 Å². The third-order valence-corrected chi connectivity index (χ3v) is 2.46. The summed E-state index contributed by atoms with van der Waals surface area (Å²) in [6.45, 7) is 2.82. The second-order valence-electron chi connectivity index (χ2n) is 3.41. The van der Waals surface area contributed by atoms with Crippen molar-refractivity contribution >= 4 is 21.8 Å². The van der Waals surface area contributed by atoms with E-state index in [2.05, 4.69) is 33.2 Å². The van der Waals surface area contributed by atoms with Gasteiger partial charge in [0, 0.05) is 29.3 Å². The van der Waals surface area contributed by atoms with Crippen molar-refractivity contribution < 1.29 is 4.79 Å². The minimum atomic E-state index is -0.0281. The summed E-state index contributed by atoms with van der Waals surface area (Å²) in [6, 6.07) is 3.42. The first-order valence-corrected chi connectivity index (χ1v) is 5.94. The van der Waals surface area contributed by atoms with Gasteiger partial charge in [-0.25, -0.2) is 0 Å². The fourth-order valence-corrected chi connectivity index (χ4v) is 1.51. The maximum atomic E-state index is 11.5. The van der Waals surface area contributed by atoms with Gasteiger partial charge in [0.05, 0.1) is 0 Å². The Morgan fingerprint density at radius 2 is 2.20 bits per heavy atom. The highest BCUT2D eigenvalue weighted by Gasteiger charge is 2.03. The highest BCUT2D eigenvalue weighted by atomic mass is 79.9. The van der Waals surface area contributed by atoms with E-state index in [0.717, 1.165) is 19.4 Å². The van der Waals surface area contributed by atoms with Gasteiger partial charge in [0.15, 0.2) is 0 Å².